The van der Waals surface area contributed by atoms with E-state index in [-0.39, 0.29) is 23.8 Å². The number of anilines is 1. The maximum absolute atomic E-state index is 13.3. The molecule has 4 nitrogen and oxygen atoms in total. The molecule has 2 aliphatic heterocycles. The first-order valence-electron chi connectivity index (χ1n) is 9.77. The fourth-order valence-electron chi connectivity index (χ4n) is 4.23. The third kappa shape index (κ3) is 3.48. The number of rotatable bonds is 3. The number of amides is 2. The average Bonchev–Trinajstić information content (AvgIpc) is 3.03. The molecule has 140 valence electrons. The van der Waals surface area contributed by atoms with E-state index in [2.05, 4.69) is 44.2 Å². The van der Waals surface area contributed by atoms with Gasteiger partial charge in [0.05, 0.1) is 5.92 Å². The number of fused-ring (bicyclic) bond motifs is 1. The third-order valence-corrected chi connectivity index (χ3v) is 5.82. The molecular formula is C23H26N2O2. The third-order valence-electron chi connectivity index (χ3n) is 5.82. The topological polar surface area (TPSA) is 40.6 Å². The minimum absolute atomic E-state index is 0.0758. The summed E-state index contributed by atoms with van der Waals surface area (Å²) in [6, 6.07) is 16.6. The zero-order valence-electron chi connectivity index (χ0n) is 16.0. The van der Waals surface area contributed by atoms with Crippen molar-refractivity contribution in [3.8, 4) is 0 Å². The van der Waals surface area contributed by atoms with E-state index in [4.69, 9.17) is 0 Å². The van der Waals surface area contributed by atoms with Gasteiger partial charge in [-0.05, 0) is 43.9 Å². The number of likely N-dealkylation sites (tertiary alicyclic amines) is 1. The molecule has 1 saturated heterocycles. The lowest BCUT2D eigenvalue weighted by Gasteiger charge is -2.36. The molecule has 2 amide bonds. The Kier molecular flexibility index (Phi) is 4.73. The van der Waals surface area contributed by atoms with Gasteiger partial charge in [-0.25, -0.2) is 0 Å². The van der Waals surface area contributed by atoms with Crippen LogP contribution >= 0.6 is 0 Å². The fraction of sp³-hybridized carbons (Fsp3) is 0.391. The summed E-state index contributed by atoms with van der Waals surface area (Å²) in [6.45, 7) is 5.25. The Morgan fingerprint density at radius 1 is 1.11 bits per heavy atom. The van der Waals surface area contributed by atoms with Gasteiger partial charge in [-0.1, -0.05) is 48.0 Å². The predicted molar refractivity (Wildman–Crippen MR) is 106 cm³/mol. The first-order valence-corrected chi connectivity index (χ1v) is 9.77. The molecule has 27 heavy (non-hydrogen) atoms. The highest BCUT2D eigenvalue weighted by molar-refractivity contribution is 6.00. The van der Waals surface area contributed by atoms with E-state index in [9.17, 15) is 9.59 Å². The minimum Gasteiger partial charge on any atom is -0.338 e. The second-order valence-corrected chi connectivity index (χ2v) is 7.89. The van der Waals surface area contributed by atoms with Crippen molar-refractivity contribution >= 4 is 17.5 Å². The lowest BCUT2D eigenvalue weighted by molar-refractivity contribution is -0.129. The molecule has 2 aliphatic rings. The molecule has 0 radical (unpaired) electrons. The van der Waals surface area contributed by atoms with E-state index in [0.29, 0.717) is 19.5 Å². The minimum atomic E-state index is -0.253. The molecule has 2 atom stereocenters. The van der Waals surface area contributed by atoms with Crippen LogP contribution < -0.4 is 4.90 Å². The molecule has 2 heterocycles. The summed E-state index contributed by atoms with van der Waals surface area (Å²) < 4.78 is 0. The molecule has 0 saturated carbocycles. The van der Waals surface area contributed by atoms with Crippen LogP contribution in [0.3, 0.4) is 0 Å². The van der Waals surface area contributed by atoms with Crippen molar-refractivity contribution in [2.24, 2.45) is 5.92 Å². The fourth-order valence-corrected chi connectivity index (χ4v) is 4.23. The highest BCUT2D eigenvalue weighted by Crippen LogP contribution is 2.33. The number of carbonyl (C=O) groups excluding carboxylic acids is 2. The standard InChI is InChI=1S/C23H26N2O2/c1-16-7-10-18(11-8-16)14-24-15-20(13-22(24)26)23(27)25-17(2)9-12-19-5-3-4-6-21(19)25/h3-8,10-11,17,20H,9,12-15H2,1-2H3. The van der Waals surface area contributed by atoms with Gasteiger partial charge in [-0.15, -0.1) is 0 Å². The molecule has 0 aromatic heterocycles. The van der Waals surface area contributed by atoms with E-state index >= 15 is 0 Å². The molecule has 1 fully saturated rings. The Hall–Kier alpha value is -2.62. The normalized spacial score (nSPS) is 22.1. The second kappa shape index (κ2) is 7.18. The van der Waals surface area contributed by atoms with Crippen LogP contribution in [0.15, 0.2) is 48.5 Å². The van der Waals surface area contributed by atoms with Gasteiger partial charge in [-0.3, -0.25) is 9.59 Å². The monoisotopic (exact) mass is 362 g/mol. The second-order valence-electron chi connectivity index (χ2n) is 7.89. The summed E-state index contributed by atoms with van der Waals surface area (Å²) in [5.41, 5.74) is 4.56. The van der Waals surface area contributed by atoms with Crippen LogP contribution in [0.1, 0.15) is 36.5 Å². The van der Waals surface area contributed by atoms with Crippen molar-refractivity contribution in [3.63, 3.8) is 0 Å². The molecule has 0 N–H and O–H groups in total. The Balaban J connectivity index is 1.50. The molecule has 0 aliphatic carbocycles. The first-order chi connectivity index (χ1) is 13.0. The van der Waals surface area contributed by atoms with Crippen molar-refractivity contribution in [2.75, 3.05) is 11.4 Å². The number of para-hydroxylation sites is 1. The summed E-state index contributed by atoms with van der Waals surface area (Å²) in [6.07, 6.45) is 2.29. The SMILES string of the molecule is Cc1ccc(CN2CC(C(=O)N3c4ccccc4CCC3C)CC2=O)cc1. The smallest absolute Gasteiger partial charge is 0.232 e. The Morgan fingerprint density at radius 3 is 2.63 bits per heavy atom. The summed E-state index contributed by atoms with van der Waals surface area (Å²) in [5.74, 6) is -0.0853. The van der Waals surface area contributed by atoms with Gasteiger partial charge in [0.2, 0.25) is 11.8 Å². The van der Waals surface area contributed by atoms with Crippen LogP contribution in [0.2, 0.25) is 0 Å². The van der Waals surface area contributed by atoms with Crippen LogP contribution in [-0.4, -0.2) is 29.3 Å². The maximum Gasteiger partial charge on any atom is 0.232 e. The number of aryl methyl sites for hydroxylation is 2. The highest BCUT2D eigenvalue weighted by Gasteiger charge is 2.39. The molecule has 0 spiro atoms. The van der Waals surface area contributed by atoms with Crippen LogP contribution in [0.5, 0.6) is 0 Å². The Labute approximate surface area is 160 Å². The van der Waals surface area contributed by atoms with Gasteiger partial charge in [0, 0.05) is 31.2 Å². The number of carbonyl (C=O) groups is 2. The lowest BCUT2D eigenvalue weighted by atomic mass is 9.94. The molecule has 4 heteroatoms. The number of hydrogen-bond donors (Lipinski definition) is 0. The zero-order chi connectivity index (χ0) is 19.0. The average molecular weight is 362 g/mol. The molecule has 2 unspecified atom stereocenters. The Morgan fingerprint density at radius 2 is 1.85 bits per heavy atom. The largest absolute Gasteiger partial charge is 0.338 e. The molecule has 4 rings (SSSR count). The highest BCUT2D eigenvalue weighted by atomic mass is 16.2. The summed E-state index contributed by atoms with van der Waals surface area (Å²) in [5, 5.41) is 0. The molecular weight excluding hydrogens is 336 g/mol. The van der Waals surface area contributed by atoms with Crippen molar-refractivity contribution in [1.29, 1.82) is 0 Å². The van der Waals surface area contributed by atoms with Gasteiger partial charge in [-0.2, -0.15) is 0 Å². The van der Waals surface area contributed by atoms with Crippen LogP contribution in [0.25, 0.3) is 0 Å². The molecule has 2 aromatic carbocycles. The van der Waals surface area contributed by atoms with Crippen molar-refractivity contribution in [3.05, 3.63) is 65.2 Å². The van der Waals surface area contributed by atoms with E-state index in [0.717, 1.165) is 24.1 Å². The molecule has 0 bridgehead atoms. The van der Waals surface area contributed by atoms with Crippen LogP contribution in [0, 0.1) is 12.8 Å². The van der Waals surface area contributed by atoms with E-state index < -0.39 is 0 Å². The van der Waals surface area contributed by atoms with Crippen molar-refractivity contribution in [2.45, 2.75) is 45.7 Å². The van der Waals surface area contributed by atoms with E-state index in [1.165, 1.54) is 11.1 Å². The van der Waals surface area contributed by atoms with Crippen molar-refractivity contribution in [1.82, 2.24) is 4.90 Å². The van der Waals surface area contributed by atoms with Crippen molar-refractivity contribution < 1.29 is 9.59 Å². The zero-order valence-corrected chi connectivity index (χ0v) is 16.0. The van der Waals surface area contributed by atoms with Gasteiger partial charge in [0.15, 0.2) is 0 Å². The van der Waals surface area contributed by atoms with E-state index in [1.54, 1.807) is 0 Å². The Bertz CT molecular complexity index is 859. The maximum atomic E-state index is 13.3. The number of hydrogen-bond acceptors (Lipinski definition) is 2. The predicted octanol–water partition coefficient (Wildman–Crippen LogP) is 3.71. The van der Waals surface area contributed by atoms with Gasteiger partial charge < -0.3 is 9.80 Å². The van der Waals surface area contributed by atoms with Gasteiger partial charge in [0.1, 0.15) is 0 Å². The first kappa shape index (κ1) is 17.8. The summed E-state index contributed by atoms with van der Waals surface area (Å²) >= 11 is 0. The van der Waals surface area contributed by atoms with Crippen LogP contribution in [-0.2, 0) is 22.6 Å². The summed E-state index contributed by atoms with van der Waals surface area (Å²) in [7, 11) is 0. The number of nitrogens with zero attached hydrogens (tertiary/aromatic N) is 2. The quantitative estimate of drug-likeness (QED) is 0.835. The van der Waals surface area contributed by atoms with Gasteiger partial charge in [0.25, 0.3) is 0 Å². The van der Waals surface area contributed by atoms with E-state index in [1.807, 2.05) is 28.0 Å². The lowest BCUT2D eigenvalue weighted by Crippen LogP contribution is -2.45. The molecule has 2 aromatic rings. The number of benzene rings is 2. The summed E-state index contributed by atoms with van der Waals surface area (Å²) in [4.78, 5) is 29.6. The van der Waals surface area contributed by atoms with Crippen LogP contribution in [0.4, 0.5) is 5.69 Å². The van der Waals surface area contributed by atoms with Gasteiger partial charge >= 0.3 is 0 Å².